The highest BCUT2D eigenvalue weighted by Crippen LogP contribution is 2.19. The Morgan fingerprint density at radius 3 is 2.64 bits per heavy atom. The Labute approximate surface area is 61.2 Å². The maximum Gasteiger partial charge on any atom is 0.283 e. The number of nitro groups is 1. The molecule has 0 radical (unpaired) electrons. The van der Waals surface area contributed by atoms with Gasteiger partial charge in [-0.25, -0.2) is 8.78 Å². The van der Waals surface area contributed by atoms with Crippen LogP contribution >= 0.6 is 0 Å². The fraction of sp³-hybridized carbons (Fsp3) is 0.333. The highest BCUT2D eigenvalue weighted by atomic mass is 19.2. The molecular formula is C6H5F2NO2. The largest absolute Gasteiger partial charge is 0.283 e. The summed E-state index contributed by atoms with van der Waals surface area (Å²) in [6, 6.07) is 0. The first-order valence-electron chi connectivity index (χ1n) is 2.94. The Kier molecular flexibility index (Phi) is 1.98. The summed E-state index contributed by atoms with van der Waals surface area (Å²) < 4.78 is 24.9. The van der Waals surface area contributed by atoms with Crippen LogP contribution in [-0.2, 0) is 0 Å². The quantitative estimate of drug-likeness (QED) is 0.430. The molecule has 2 atom stereocenters. The van der Waals surface area contributed by atoms with Crippen LogP contribution in [0.5, 0.6) is 0 Å². The van der Waals surface area contributed by atoms with Crippen LogP contribution in [0.2, 0.25) is 0 Å². The van der Waals surface area contributed by atoms with E-state index < -0.39 is 23.0 Å². The van der Waals surface area contributed by atoms with Gasteiger partial charge in [-0.1, -0.05) is 6.08 Å². The van der Waals surface area contributed by atoms with Crippen LogP contribution in [0.1, 0.15) is 0 Å². The molecule has 1 aliphatic rings. The number of hydrogen-bond acceptors (Lipinski definition) is 2. The molecule has 0 spiro atoms. The van der Waals surface area contributed by atoms with Crippen LogP contribution in [0.3, 0.4) is 0 Å². The summed E-state index contributed by atoms with van der Waals surface area (Å²) in [6.45, 7) is 0. The molecular weight excluding hydrogens is 156 g/mol. The zero-order valence-electron chi connectivity index (χ0n) is 5.41. The molecule has 0 fully saturated rings. The monoisotopic (exact) mass is 161 g/mol. The van der Waals surface area contributed by atoms with Crippen molar-refractivity contribution < 1.29 is 13.7 Å². The Bertz CT molecular complexity index is 237. The molecule has 1 aliphatic carbocycles. The molecule has 1 rings (SSSR count). The maximum atomic E-state index is 12.6. The third-order valence-corrected chi connectivity index (χ3v) is 1.33. The molecule has 0 saturated heterocycles. The fourth-order valence-electron chi connectivity index (χ4n) is 0.774. The van der Waals surface area contributed by atoms with E-state index in [2.05, 4.69) is 0 Å². The lowest BCUT2D eigenvalue weighted by Crippen LogP contribution is -2.24. The number of alkyl halides is 2. The van der Waals surface area contributed by atoms with E-state index in [1.54, 1.807) is 0 Å². The standard InChI is InChI=1S/C6H5F2NO2/c7-4-2-1-3-5(6(4)8)9(10)11/h1-4,6H. The lowest BCUT2D eigenvalue weighted by molar-refractivity contribution is -0.434. The molecule has 0 aliphatic heterocycles. The van der Waals surface area contributed by atoms with Crippen molar-refractivity contribution in [1.29, 1.82) is 0 Å². The van der Waals surface area contributed by atoms with E-state index in [1.165, 1.54) is 0 Å². The lowest BCUT2D eigenvalue weighted by atomic mass is 10.1. The van der Waals surface area contributed by atoms with Crippen LogP contribution in [-0.4, -0.2) is 17.3 Å². The second kappa shape index (κ2) is 2.77. The van der Waals surface area contributed by atoms with Gasteiger partial charge < -0.3 is 0 Å². The minimum absolute atomic E-state index is 0.722. The van der Waals surface area contributed by atoms with E-state index >= 15 is 0 Å². The minimum Gasteiger partial charge on any atom is -0.259 e. The predicted molar refractivity (Wildman–Crippen MR) is 34.0 cm³/mol. The average Bonchev–Trinajstić information content (AvgIpc) is 1.94. The number of rotatable bonds is 1. The van der Waals surface area contributed by atoms with Crippen LogP contribution < -0.4 is 0 Å². The third-order valence-electron chi connectivity index (χ3n) is 1.33. The summed E-state index contributed by atoms with van der Waals surface area (Å²) in [4.78, 5) is 9.09. The molecule has 0 aromatic carbocycles. The second-order valence-corrected chi connectivity index (χ2v) is 2.08. The van der Waals surface area contributed by atoms with Gasteiger partial charge in [-0.2, -0.15) is 0 Å². The van der Waals surface area contributed by atoms with E-state index in [4.69, 9.17) is 0 Å². The van der Waals surface area contributed by atoms with Crippen molar-refractivity contribution in [3.05, 3.63) is 34.0 Å². The Balaban J connectivity index is 2.87. The first-order chi connectivity index (χ1) is 5.13. The highest BCUT2D eigenvalue weighted by molar-refractivity contribution is 5.20. The maximum absolute atomic E-state index is 12.6. The van der Waals surface area contributed by atoms with Gasteiger partial charge in [0.2, 0.25) is 6.17 Å². The molecule has 0 heterocycles. The Hall–Kier alpha value is -1.26. The second-order valence-electron chi connectivity index (χ2n) is 2.08. The van der Waals surface area contributed by atoms with E-state index in [0.29, 0.717) is 0 Å². The Morgan fingerprint density at radius 2 is 2.18 bits per heavy atom. The normalized spacial score (nSPS) is 29.8. The van der Waals surface area contributed by atoms with Gasteiger partial charge in [-0.15, -0.1) is 0 Å². The van der Waals surface area contributed by atoms with Crippen molar-refractivity contribution in [3.63, 3.8) is 0 Å². The van der Waals surface area contributed by atoms with Crippen LogP contribution in [0.15, 0.2) is 23.9 Å². The topological polar surface area (TPSA) is 43.1 Å². The smallest absolute Gasteiger partial charge is 0.259 e. The van der Waals surface area contributed by atoms with Crippen molar-refractivity contribution in [2.24, 2.45) is 0 Å². The van der Waals surface area contributed by atoms with Crippen LogP contribution in [0, 0.1) is 10.1 Å². The van der Waals surface area contributed by atoms with Crippen molar-refractivity contribution in [2.75, 3.05) is 0 Å². The van der Waals surface area contributed by atoms with Gasteiger partial charge in [0, 0.05) is 6.08 Å². The first kappa shape index (κ1) is 7.84. The first-order valence-corrected chi connectivity index (χ1v) is 2.94. The van der Waals surface area contributed by atoms with E-state index in [-0.39, 0.29) is 0 Å². The van der Waals surface area contributed by atoms with Gasteiger partial charge in [-0.3, -0.25) is 10.1 Å². The molecule has 0 aromatic rings. The number of allylic oxidation sites excluding steroid dienone is 4. The summed E-state index contributed by atoms with van der Waals surface area (Å²) in [7, 11) is 0. The number of hydrogen-bond donors (Lipinski definition) is 0. The fourth-order valence-corrected chi connectivity index (χ4v) is 0.774. The molecule has 0 saturated carbocycles. The summed E-state index contributed by atoms with van der Waals surface area (Å²) in [5, 5.41) is 10.0. The highest BCUT2D eigenvalue weighted by Gasteiger charge is 2.32. The van der Waals surface area contributed by atoms with E-state index in [1.807, 2.05) is 0 Å². The molecule has 0 N–H and O–H groups in total. The van der Waals surface area contributed by atoms with Crippen molar-refractivity contribution in [2.45, 2.75) is 12.3 Å². The van der Waals surface area contributed by atoms with Gasteiger partial charge in [0.1, 0.15) is 0 Å². The zero-order chi connectivity index (χ0) is 8.43. The zero-order valence-corrected chi connectivity index (χ0v) is 5.41. The summed E-state index contributed by atoms with van der Waals surface area (Å²) in [5.74, 6) is 0. The number of nitrogens with zero attached hydrogens (tertiary/aromatic N) is 1. The van der Waals surface area contributed by atoms with Crippen molar-refractivity contribution >= 4 is 0 Å². The SMILES string of the molecule is O=[N+]([O-])C1=CC=CC(F)C1F. The molecule has 11 heavy (non-hydrogen) atoms. The van der Waals surface area contributed by atoms with Gasteiger partial charge >= 0.3 is 0 Å². The lowest BCUT2D eigenvalue weighted by Gasteiger charge is -2.09. The minimum atomic E-state index is -2.13. The van der Waals surface area contributed by atoms with Crippen LogP contribution in [0.4, 0.5) is 8.78 Å². The predicted octanol–water partition coefficient (Wildman–Crippen LogP) is 1.39. The molecule has 3 nitrogen and oxygen atoms in total. The average molecular weight is 161 g/mol. The van der Waals surface area contributed by atoms with Crippen molar-refractivity contribution in [1.82, 2.24) is 0 Å². The van der Waals surface area contributed by atoms with Crippen LogP contribution in [0.25, 0.3) is 0 Å². The van der Waals surface area contributed by atoms with Gasteiger partial charge in [-0.05, 0) is 6.08 Å². The summed E-state index contributed by atoms with van der Waals surface area (Å²) >= 11 is 0. The Morgan fingerprint density at radius 1 is 1.55 bits per heavy atom. The molecule has 60 valence electrons. The molecule has 5 heteroatoms. The molecule has 0 amide bonds. The van der Waals surface area contributed by atoms with Gasteiger partial charge in [0.15, 0.2) is 6.17 Å². The third kappa shape index (κ3) is 1.42. The molecule has 0 aromatic heterocycles. The number of halogens is 2. The van der Waals surface area contributed by atoms with E-state index in [0.717, 1.165) is 18.2 Å². The van der Waals surface area contributed by atoms with Crippen molar-refractivity contribution in [3.8, 4) is 0 Å². The molecule has 0 bridgehead atoms. The summed E-state index contributed by atoms with van der Waals surface area (Å²) in [6.07, 6.45) is -0.979. The molecule has 2 unspecified atom stereocenters. The summed E-state index contributed by atoms with van der Waals surface area (Å²) in [5.41, 5.74) is -0.722. The van der Waals surface area contributed by atoms with E-state index in [9.17, 15) is 18.9 Å². The van der Waals surface area contributed by atoms with Gasteiger partial charge in [0.25, 0.3) is 5.70 Å². The van der Waals surface area contributed by atoms with Gasteiger partial charge in [0.05, 0.1) is 4.92 Å².